The van der Waals surface area contributed by atoms with Gasteiger partial charge in [0.15, 0.2) is 0 Å². The van der Waals surface area contributed by atoms with E-state index in [-0.39, 0.29) is 11.8 Å². The summed E-state index contributed by atoms with van der Waals surface area (Å²) in [6.45, 7) is 5.86. The van der Waals surface area contributed by atoms with Crippen LogP contribution in [0.15, 0.2) is 64.0 Å². The molecule has 0 atom stereocenters. The van der Waals surface area contributed by atoms with Crippen LogP contribution < -0.4 is 4.90 Å². The highest BCUT2D eigenvalue weighted by atomic mass is 35.5. The van der Waals surface area contributed by atoms with Crippen molar-refractivity contribution in [3.8, 4) is 0 Å². The zero-order valence-corrected chi connectivity index (χ0v) is 19.5. The summed E-state index contributed by atoms with van der Waals surface area (Å²) in [5, 5.41) is 0.645. The van der Waals surface area contributed by atoms with Crippen molar-refractivity contribution in [3.05, 3.63) is 69.7 Å². The molecule has 2 aliphatic rings. The van der Waals surface area contributed by atoms with Crippen LogP contribution in [-0.4, -0.2) is 29.8 Å². The number of hydrogen-bond acceptors (Lipinski definition) is 4. The third-order valence-corrected chi connectivity index (χ3v) is 7.12. The molecule has 0 bridgehead atoms. The molecule has 1 saturated heterocycles. The highest BCUT2D eigenvalue weighted by Gasteiger charge is 2.42. The predicted octanol–water partition coefficient (Wildman–Crippen LogP) is 6.22. The Morgan fingerprint density at radius 3 is 2.03 bits per heavy atom. The number of anilines is 1. The first kappa shape index (κ1) is 22.0. The summed E-state index contributed by atoms with van der Waals surface area (Å²) < 4.78 is 0. The molecule has 2 amide bonds. The highest BCUT2D eigenvalue weighted by Crippen LogP contribution is 2.39. The highest BCUT2D eigenvalue weighted by molar-refractivity contribution is 8.04. The molecule has 1 fully saturated rings. The third kappa shape index (κ3) is 4.68. The Kier molecular flexibility index (Phi) is 6.73. The lowest BCUT2D eigenvalue weighted by molar-refractivity contribution is -0.121. The lowest BCUT2D eigenvalue weighted by Gasteiger charge is -2.24. The summed E-state index contributed by atoms with van der Waals surface area (Å²) in [6, 6.07) is 15.1. The fourth-order valence-corrected chi connectivity index (χ4v) is 5.15. The summed E-state index contributed by atoms with van der Waals surface area (Å²) in [6.07, 6.45) is 4.39. The molecule has 2 aliphatic heterocycles. The van der Waals surface area contributed by atoms with Crippen molar-refractivity contribution >= 4 is 40.9 Å². The van der Waals surface area contributed by atoms with Gasteiger partial charge in [0.2, 0.25) is 0 Å². The van der Waals surface area contributed by atoms with Crippen LogP contribution in [-0.2, 0) is 9.59 Å². The molecule has 4 rings (SSSR count). The maximum Gasteiger partial charge on any atom is 0.283 e. The predicted molar refractivity (Wildman–Crippen MR) is 127 cm³/mol. The van der Waals surface area contributed by atoms with Gasteiger partial charge in [0.05, 0.1) is 5.69 Å². The maximum absolute atomic E-state index is 13.6. The number of carbonyl (C=O) groups is 2. The monoisotopic (exact) mass is 454 g/mol. The number of nitrogens with zero attached hydrogens (tertiary/aromatic N) is 2. The minimum Gasteiger partial charge on any atom is -0.366 e. The first-order valence-electron chi connectivity index (χ1n) is 10.9. The second-order valence-electron chi connectivity index (χ2n) is 8.33. The van der Waals surface area contributed by atoms with Gasteiger partial charge in [-0.15, -0.1) is 0 Å². The van der Waals surface area contributed by atoms with E-state index in [9.17, 15) is 9.59 Å². The first-order valence-corrected chi connectivity index (χ1v) is 12.1. The normalized spacial score (nSPS) is 17.7. The Balaban J connectivity index is 1.71. The number of rotatable bonds is 5. The van der Waals surface area contributed by atoms with Gasteiger partial charge >= 0.3 is 0 Å². The second-order valence-corrected chi connectivity index (χ2v) is 9.85. The van der Waals surface area contributed by atoms with Crippen LogP contribution in [0.1, 0.15) is 51.0 Å². The van der Waals surface area contributed by atoms with Crippen molar-refractivity contribution in [2.75, 3.05) is 18.0 Å². The van der Waals surface area contributed by atoms with Crippen molar-refractivity contribution < 1.29 is 9.59 Å². The average Bonchev–Trinajstić information content (AvgIpc) is 2.93. The molecule has 0 N–H and O–H groups in total. The molecule has 31 heavy (non-hydrogen) atoms. The van der Waals surface area contributed by atoms with Gasteiger partial charge in [-0.3, -0.25) is 9.59 Å². The summed E-state index contributed by atoms with van der Waals surface area (Å²) in [5.74, 6) is -0.0806. The molecule has 162 valence electrons. The van der Waals surface area contributed by atoms with Gasteiger partial charge in [0, 0.05) is 23.0 Å². The number of carbonyl (C=O) groups excluding carboxylic acids is 2. The topological polar surface area (TPSA) is 40.6 Å². The van der Waals surface area contributed by atoms with E-state index >= 15 is 0 Å². The van der Waals surface area contributed by atoms with E-state index in [1.165, 1.54) is 22.2 Å². The van der Waals surface area contributed by atoms with Crippen molar-refractivity contribution in [1.29, 1.82) is 0 Å². The minimum absolute atomic E-state index is 0.222. The lowest BCUT2D eigenvalue weighted by Crippen LogP contribution is -2.35. The second kappa shape index (κ2) is 9.49. The van der Waals surface area contributed by atoms with Crippen LogP contribution in [0.4, 0.5) is 5.69 Å². The Bertz CT molecular complexity index is 991. The third-order valence-electron chi connectivity index (χ3n) is 5.79. The standard InChI is InChI=1S/C25H27ClN2O2S/c1-17(2)18-7-11-20(12-8-18)28-24(29)22(27-15-5-3-4-6-16-27)23(25(28)30)31-21-13-9-19(26)10-14-21/h7-14,17H,3-6,15-16H2,1-2H3. The minimum atomic E-state index is -0.249. The number of thioether (sulfide) groups is 1. The van der Waals surface area contributed by atoms with Gasteiger partial charge in [0.1, 0.15) is 10.6 Å². The zero-order valence-electron chi connectivity index (χ0n) is 17.9. The SMILES string of the molecule is CC(C)c1ccc(N2C(=O)C(Sc3ccc(Cl)cc3)=C(N3CCCCCC3)C2=O)cc1. The average molecular weight is 455 g/mol. The number of halogens is 1. The van der Waals surface area contributed by atoms with Crippen molar-refractivity contribution in [2.45, 2.75) is 50.3 Å². The summed E-state index contributed by atoms with van der Waals surface area (Å²) in [5.41, 5.74) is 2.34. The van der Waals surface area contributed by atoms with Crippen LogP contribution in [0.25, 0.3) is 0 Å². The number of likely N-dealkylation sites (tertiary alicyclic amines) is 1. The molecule has 0 saturated carbocycles. The Morgan fingerprint density at radius 1 is 0.839 bits per heavy atom. The van der Waals surface area contributed by atoms with Crippen LogP contribution in [0, 0.1) is 0 Å². The van der Waals surface area contributed by atoms with Crippen molar-refractivity contribution in [2.24, 2.45) is 0 Å². The van der Waals surface area contributed by atoms with Crippen molar-refractivity contribution in [1.82, 2.24) is 4.90 Å². The quantitative estimate of drug-likeness (QED) is 0.503. The van der Waals surface area contributed by atoms with Gasteiger partial charge in [-0.2, -0.15) is 0 Å². The van der Waals surface area contributed by atoms with E-state index in [1.807, 2.05) is 36.4 Å². The summed E-state index contributed by atoms with van der Waals surface area (Å²) >= 11 is 7.38. The number of imide groups is 1. The fourth-order valence-electron chi connectivity index (χ4n) is 4.03. The van der Waals surface area contributed by atoms with Crippen LogP contribution in [0.5, 0.6) is 0 Å². The number of amides is 2. The molecule has 2 heterocycles. The van der Waals surface area contributed by atoms with Crippen LogP contribution in [0.2, 0.25) is 5.02 Å². The van der Waals surface area contributed by atoms with E-state index in [0.717, 1.165) is 43.7 Å². The molecular formula is C25H27ClN2O2S. The molecule has 0 aromatic heterocycles. The lowest BCUT2D eigenvalue weighted by atomic mass is 10.0. The Labute approximate surface area is 193 Å². The Morgan fingerprint density at radius 2 is 1.45 bits per heavy atom. The molecule has 0 unspecified atom stereocenters. The van der Waals surface area contributed by atoms with E-state index in [4.69, 9.17) is 11.6 Å². The molecule has 0 aliphatic carbocycles. The fraction of sp³-hybridized carbons (Fsp3) is 0.360. The number of benzene rings is 2. The van der Waals surface area contributed by atoms with E-state index < -0.39 is 0 Å². The van der Waals surface area contributed by atoms with E-state index in [0.29, 0.717) is 27.2 Å². The zero-order chi connectivity index (χ0) is 22.0. The van der Waals surface area contributed by atoms with Gasteiger partial charge in [-0.05, 0) is 60.7 Å². The first-order chi connectivity index (χ1) is 15.0. The Hall–Kier alpha value is -2.24. The van der Waals surface area contributed by atoms with E-state index in [2.05, 4.69) is 18.7 Å². The molecule has 2 aromatic carbocycles. The van der Waals surface area contributed by atoms with Gasteiger partial charge in [-0.1, -0.05) is 62.2 Å². The maximum atomic E-state index is 13.6. The van der Waals surface area contributed by atoms with Crippen LogP contribution >= 0.6 is 23.4 Å². The van der Waals surface area contributed by atoms with Crippen LogP contribution in [0.3, 0.4) is 0 Å². The summed E-state index contributed by atoms with van der Waals surface area (Å²) in [4.78, 5) is 31.9. The molecule has 0 spiro atoms. The van der Waals surface area contributed by atoms with Gasteiger partial charge in [-0.25, -0.2) is 4.90 Å². The van der Waals surface area contributed by atoms with Gasteiger partial charge < -0.3 is 4.90 Å². The molecule has 0 radical (unpaired) electrons. The van der Waals surface area contributed by atoms with Gasteiger partial charge in [0.25, 0.3) is 11.8 Å². The molecule has 4 nitrogen and oxygen atoms in total. The number of hydrogen-bond donors (Lipinski definition) is 0. The smallest absolute Gasteiger partial charge is 0.283 e. The molecular weight excluding hydrogens is 428 g/mol. The molecule has 2 aromatic rings. The largest absolute Gasteiger partial charge is 0.366 e. The van der Waals surface area contributed by atoms with E-state index in [1.54, 1.807) is 12.1 Å². The summed E-state index contributed by atoms with van der Waals surface area (Å²) in [7, 11) is 0. The molecule has 6 heteroatoms. The van der Waals surface area contributed by atoms with Crippen molar-refractivity contribution in [3.63, 3.8) is 0 Å².